The summed E-state index contributed by atoms with van der Waals surface area (Å²) in [5.74, 6) is 0.559. The van der Waals surface area contributed by atoms with Gasteiger partial charge in [-0.2, -0.15) is 0 Å². The summed E-state index contributed by atoms with van der Waals surface area (Å²) < 4.78 is 7.58. The third-order valence-electron chi connectivity index (χ3n) is 4.35. The van der Waals surface area contributed by atoms with Gasteiger partial charge in [-0.15, -0.1) is 0 Å². The van der Waals surface area contributed by atoms with E-state index in [1.54, 1.807) is 0 Å². The third kappa shape index (κ3) is 2.30. The number of hydrogen-bond acceptors (Lipinski definition) is 4. The van der Waals surface area contributed by atoms with E-state index >= 15 is 0 Å². The van der Waals surface area contributed by atoms with Gasteiger partial charge in [0.25, 0.3) is 0 Å². The standard InChI is InChI=1S/C17H18N4O2/c1-3-11-7-14(23-20-11)12-8-16(22)18-9-13-17(12)21-5-4-10(2)6-15(21)19-13/h4-7,12H,3,8-9H2,1-2H3,(H,18,22)/t12-/m1/s1. The van der Waals surface area contributed by atoms with Crippen LogP contribution in [0.25, 0.3) is 5.65 Å². The van der Waals surface area contributed by atoms with Gasteiger partial charge in [0.1, 0.15) is 11.4 Å². The predicted molar refractivity (Wildman–Crippen MR) is 84.1 cm³/mol. The van der Waals surface area contributed by atoms with Gasteiger partial charge >= 0.3 is 0 Å². The molecule has 0 saturated carbocycles. The molecule has 6 heteroatoms. The van der Waals surface area contributed by atoms with Crippen LogP contribution in [0.15, 0.2) is 28.9 Å². The molecule has 3 aromatic heterocycles. The van der Waals surface area contributed by atoms with Gasteiger partial charge in [0, 0.05) is 18.7 Å². The molecule has 0 radical (unpaired) electrons. The van der Waals surface area contributed by atoms with Gasteiger partial charge < -0.3 is 14.2 Å². The molecule has 0 unspecified atom stereocenters. The molecule has 1 amide bonds. The van der Waals surface area contributed by atoms with E-state index in [0.29, 0.717) is 13.0 Å². The number of pyridine rings is 1. The van der Waals surface area contributed by atoms with Crippen molar-refractivity contribution in [3.05, 3.63) is 52.8 Å². The Morgan fingerprint density at radius 3 is 3.09 bits per heavy atom. The number of aryl methyl sites for hydroxylation is 2. The van der Waals surface area contributed by atoms with Crippen molar-refractivity contribution in [2.24, 2.45) is 0 Å². The summed E-state index contributed by atoms with van der Waals surface area (Å²) in [7, 11) is 0. The molecule has 4 rings (SSSR count). The van der Waals surface area contributed by atoms with Gasteiger partial charge in [0.05, 0.1) is 29.5 Å². The van der Waals surface area contributed by atoms with Crippen LogP contribution in [0.1, 0.15) is 47.7 Å². The fourth-order valence-corrected chi connectivity index (χ4v) is 3.14. The molecular formula is C17H18N4O2. The van der Waals surface area contributed by atoms with Gasteiger partial charge in [-0.05, 0) is 31.0 Å². The van der Waals surface area contributed by atoms with E-state index in [2.05, 4.69) is 14.9 Å². The van der Waals surface area contributed by atoms with Crippen molar-refractivity contribution in [1.29, 1.82) is 0 Å². The monoisotopic (exact) mass is 310 g/mol. The summed E-state index contributed by atoms with van der Waals surface area (Å²) >= 11 is 0. The lowest BCUT2D eigenvalue weighted by Gasteiger charge is -2.11. The molecule has 0 aliphatic carbocycles. The molecule has 0 spiro atoms. The van der Waals surface area contributed by atoms with Crippen molar-refractivity contribution >= 4 is 11.6 Å². The molecule has 0 saturated heterocycles. The number of amides is 1. The minimum atomic E-state index is -0.169. The summed E-state index contributed by atoms with van der Waals surface area (Å²) in [4.78, 5) is 16.8. The molecule has 4 heterocycles. The lowest BCUT2D eigenvalue weighted by molar-refractivity contribution is -0.121. The van der Waals surface area contributed by atoms with Crippen LogP contribution >= 0.6 is 0 Å². The van der Waals surface area contributed by atoms with Crippen LogP contribution < -0.4 is 5.32 Å². The number of aromatic nitrogens is 3. The van der Waals surface area contributed by atoms with E-state index in [-0.39, 0.29) is 11.8 Å². The van der Waals surface area contributed by atoms with Crippen molar-refractivity contribution < 1.29 is 9.32 Å². The Morgan fingerprint density at radius 1 is 1.43 bits per heavy atom. The van der Waals surface area contributed by atoms with Crippen molar-refractivity contribution in [1.82, 2.24) is 19.9 Å². The van der Waals surface area contributed by atoms with Crippen molar-refractivity contribution in [3.63, 3.8) is 0 Å². The number of carbonyl (C=O) groups excluding carboxylic acids is 1. The fraction of sp³-hybridized carbons (Fsp3) is 0.353. The van der Waals surface area contributed by atoms with Crippen LogP contribution in [0, 0.1) is 6.92 Å². The van der Waals surface area contributed by atoms with Crippen LogP contribution in [0.4, 0.5) is 0 Å². The normalized spacial score (nSPS) is 17.8. The molecule has 0 fully saturated rings. The first kappa shape index (κ1) is 14.0. The number of hydrogen-bond donors (Lipinski definition) is 1. The van der Waals surface area contributed by atoms with E-state index in [9.17, 15) is 4.79 Å². The Morgan fingerprint density at radius 2 is 2.30 bits per heavy atom. The Balaban J connectivity index is 1.91. The Kier molecular flexibility index (Phi) is 3.18. The summed E-state index contributed by atoms with van der Waals surface area (Å²) in [5, 5.41) is 7.00. The minimum absolute atomic E-state index is 0.00306. The third-order valence-corrected chi connectivity index (χ3v) is 4.35. The average molecular weight is 310 g/mol. The zero-order valence-electron chi connectivity index (χ0n) is 13.2. The van der Waals surface area contributed by atoms with E-state index in [1.807, 2.05) is 38.2 Å². The Labute approximate surface area is 133 Å². The SMILES string of the molecule is CCc1cc([C@H]2CC(=O)NCc3nc4cc(C)ccn4c32)on1. The van der Waals surface area contributed by atoms with E-state index in [0.717, 1.165) is 40.5 Å². The van der Waals surface area contributed by atoms with Gasteiger partial charge in [0.15, 0.2) is 0 Å². The van der Waals surface area contributed by atoms with Crippen molar-refractivity contribution in [3.8, 4) is 0 Å². The Bertz CT molecular complexity index is 893. The number of fused-ring (bicyclic) bond motifs is 3. The largest absolute Gasteiger partial charge is 0.360 e. The second-order valence-corrected chi connectivity index (χ2v) is 5.98. The molecule has 1 atom stereocenters. The number of nitrogens with one attached hydrogen (secondary N) is 1. The molecule has 1 aliphatic rings. The van der Waals surface area contributed by atoms with E-state index < -0.39 is 0 Å². The van der Waals surface area contributed by atoms with Crippen LogP contribution in [0.5, 0.6) is 0 Å². The first-order valence-electron chi connectivity index (χ1n) is 7.85. The van der Waals surface area contributed by atoms with Crippen LogP contribution in [0.2, 0.25) is 0 Å². The maximum absolute atomic E-state index is 12.1. The average Bonchev–Trinajstić information content (AvgIpc) is 3.11. The summed E-state index contributed by atoms with van der Waals surface area (Å²) in [6, 6.07) is 6.04. The molecule has 6 nitrogen and oxygen atoms in total. The highest BCUT2D eigenvalue weighted by atomic mass is 16.5. The zero-order valence-corrected chi connectivity index (χ0v) is 13.2. The quantitative estimate of drug-likeness (QED) is 0.788. The topological polar surface area (TPSA) is 72.4 Å². The molecule has 1 N–H and O–H groups in total. The van der Waals surface area contributed by atoms with Gasteiger partial charge in [-0.3, -0.25) is 4.79 Å². The molecule has 0 bridgehead atoms. The summed E-state index contributed by atoms with van der Waals surface area (Å²) in [5.41, 5.74) is 4.85. The highest BCUT2D eigenvalue weighted by molar-refractivity contribution is 5.78. The second-order valence-electron chi connectivity index (χ2n) is 5.98. The van der Waals surface area contributed by atoms with Gasteiger partial charge in [0.2, 0.25) is 5.91 Å². The Hall–Kier alpha value is -2.63. The molecule has 1 aliphatic heterocycles. The van der Waals surface area contributed by atoms with Crippen molar-refractivity contribution in [2.75, 3.05) is 0 Å². The number of rotatable bonds is 2. The van der Waals surface area contributed by atoms with Gasteiger partial charge in [-0.1, -0.05) is 12.1 Å². The first-order chi connectivity index (χ1) is 11.2. The summed E-state index contributed by atoms with van der Waals surface area (Å²) in [6.07, 6.45) is 3.16. The predicted octanol–water partition coefficient (Wildman–Crippen LogP) is 2.34. The van der Waals surface area contributed by atoms with E-state index in [4.69, 9.17) is 9.51 Å². The lowest BCUT2D eigenvalue weighted by atomic mass is 9.97. The van der Waals surface area contributed by atoms with Crippen LogP contribution in [0.3, 0.4) is 0 Å². The molecule has 3 aromatic rings. The number of carbonyl (C=O) groups is 1. The maximum Gasteiger partial charge on any atom is 0.221 e. The molecule has 0 aromatic carbocycles. The number of imidazole rings is 1. The summed E-state index contributed by atoms with van der Waals surface area (Å²) in [6.45, 7) is 4.52. The van der Waals surface area contributed by atoms with E-state index in [1.165, 1.54) is 0 Å². The van der Waals surface area contributed by atoms with Crippen LogP contribution in [-0.4, -0.2) is 20.4 Å². The number of nitrogens with zero attached hydrogens (tertiary/aromatic N) is 3. The van der Waals surface area contributed by atoms with Crippen molar-refractivity contribution in [2.45, 2.75) is 39.2 Å². The van der Waals surface area contributed by atoms with Gasteiger partial charge in [-0.25, -0.2) is 4.98 Å². The zero-order chi connectivity index (χ0) is 16.0. The van der Waals surface area contributed by atoms with Crippen LogP contribution in [-0.2, 0) is 17.8 Å². The highest BCUT2D eigenvalue weighted by Crippen LogP contribution is 2.33. The second kappa shape index (κ2) is 5.22. The first-order valence-corrected chi connectivity index (χ1v) is 7.85. The highest BCUT2D eigenvalue weighted by Gasteiger charge is 2.31. The molecule has 118 valence electrons. The molecular weight excluding hydrogens is 292 g/mol. The molecule has 23 heavy (non-hydrogen) atoms. The fourth-order valence-electron chi connectivity index (χ4n) is 3.14. The smallest absolute Gasteiger partial charge is 0.221 e. The lowest BCUT2D eigenvalue weighted by Crippen LogP contribution is -2.21. The minimum Gasteiger partial charge on any atom is -0.360 e. The maximum atomic E-state index is 12.1.